The van der Waals surface area contributed by atoms with Crippen LogP contribution in [-0.4, -0.2) is 65.6 Å². The van der Waals surface area contributed by atoms with Gasteiger partial charge in [-0.1, -0.05) is 40.5 Å². The molecule has 1 saturated carbocycles. The minimum atomic E-state index is -3.28. The molecule has 3 heterocycles. The van der Waals surface area contributed by atoms with Crippen molar-refractivity contribution in [1.82, 2.24) is 15.2 Å². The van der Waals surface area contributed by atoms with Gasteiger partial charge in [0.15, 0.2) is 11.5 Å². The molecule has 3 aliphatic rings. The van der Waals surface area contributed by atoms with Gasteiger partial charge < -0.3 is 24.4 Å². The molecule has 2 amide bonds. The number of alkyl halides is 2. The van der Waals surface area contributed by atoms with Crippen molar-refractivity contribution in [2.45, 2.75) is 116 Å². The SMILES string of the molecule is COc1ccc2nc3c(cc2c1)O[C@H]1CN(C(=O)[C@H](C(C)(C)C)NC(=O)O[C@@H]2CCC[C@H]2CCCCCC3(F)F)[C@H](C(C)=O)[C@@H]1C. The van der Waals surface area contributed by atoms with Crippen LogP contribution in [0.5, 0.6) is 11.5 Å². The number of amides is 2. The Morgan fingerprint density at radius 1 is 1.04 bits per heavy atom. The van der Waals surface area contributed by atoms with Crippen molar-refractivity contribution in [2.24, 2.45) is 17.3 Å². The van der Waals surface area contributed by atoms with Gasteiger partial charge in [0.2, 0.25) is 5.91 Å². The van der Waals surface area contributed by atoms with E-state index in [1.54, 1.807) is 31.2 Å². The summed E-state index contributed by atoms with van der Waals surface area (Å²) >= 11 is 0. The Morgan fingerprint density at radius 2 is 1.78 bits per heavy atom. The summed E-state index contributed by atoms with van der Waals surface area (Å²) in [5, 5.41) is 3.39. The Morgan fingerprint density at radius 3 is 2.48 bits per heavy atom. The number of nitrogens with one attached hydrogen (secondary N) is 1. The molecule has 2 aromatic rings. The predicted octanol–water partition coefficient (Wildman–Crippen LogP) is 6.79. The van der Waals surface area contributed by atoms with E-state index in [4.69, 9.17) is 14.2 Å². The Balaban J connectivity index is 1.56. The van der Waals surface area contributed by atoms with Gasteiger partial charge in [0.05, 0.1) is 25.2 Å². The molecule has 1 aromatic heterocycles. The van der Waals surface area contributed by atoms with Crippen molar-refractivity contribution in [3.8, 4) is 11.5 Å². The maximum Gasteiger partial charge on any atom is 0.408 e. The Labute approximate surface area is 269 Å². The van der Waals surface area contributed by atoms with Gasteiger partial charge in [0.1, 0.15) is 29.7 Å². The topological polar surface area (TPSA) is 107 Å². The molecular formula is C35H47F2N3O6. The van der Waals surface area contributed by atoms with Crippen LogP contribution in [-0.2, 0) is 20.2 Å². The molecule has 2 bridgehead atoms. The van der Waals surface area contributed by atoms with Crippen LogP contribution < -0.4 is 14.8 Å². The summed E-state index contributed by atoms with van der Waals surface area (Å²) < 4.78 is 49.7. The van der Waals surface area contributed by atoms with Crippen LogP contribution in [0.25, 0.3) is 10.9 Å². The molecule has 1 aromatic carbocycles. The quantitative estimate of drug-likeness (QED) is 0.384. The van der Waals surface area contributed by atoms with Crippen molar-refractivity contribution in [2.75, 3.05) is 13.7 Å². The molecule has 0 unspecified atom stereocenters. The molecule has 252 valence electrons. The van der Waals surface area contributed by atoms with Crippen molar-refractivity contribution >= 4 is 28.7 Å². The van der Waals surface area contributed by atoms with E-state index in [-0.39, 0.29) is 36.5 Å². The summed E-state index contributed by atoms with van der Waals surface area (Å²) in [7, 11) is 1.52. The van der Waals surface area contributed by atoms with E-state index < -0.39 is 59.6 Å². The van der Waals surface area contributed by atoms with E-state index in [1.165, 1.54) is 18.9 Å². The molecule has 11 heteroatoms. The number of hydrogen-bond donors (Lipinski definition) is 1. The number of fused-ring (bicyclic) bond motifs is 5. The molecule has 46 heavy (non-hydrogen) atoms. The third kappa shape index (κ3) is 7.08. The number of ether oxygens (including phenoxy) is 3. The Hall–Kier alpha value is -3.50. The molecule has 2 aliphatic heterocycles. The first-order valence-corrected chi connectivity index (χ1v) is 16.5. The second-order valence-electron chi connectivity index (χ2n) is 14.3. The molecule has 1 saturated heterocycles. The van der Waals surface area contributed by atoms with Crippen molar-refractivity contribution in [1.29, 1.82) is 0 Å². The number of Topliss-reactive ketones (excluding diaryl/α,β-unsaturated/α-hetero) is 1. The normalized spacial score (nSPS) is 29.3. The summed E-state index contributed by atoms with van der Waals surface area (Å²) in [5.74, 6) is -3.92. The molecular weight excluding hydrogens is 596 g/mol. The van der Waals surface area contributed by atoms with E-state index in [9.17, 15) is 14.4 Å². The van der Waals surface area contributed by atoms with Crippen molar-refractivity contribution < 1.29 is 37.4 Å². The fourth-order valence-corrected chi connectivity index (χ4v) is 7.34. The van der Waals surface area contributed by atoms with E-state index in [0.29, 0.717) is 23.1 Å². The highest BCUT2D eigenvalue weighted by atomic mass is 19.3. The van der Waals surface area contributed by atoms with E-state index in [0.717, 1.165) is 32.1 Å². The molecule has 5 rings (SSSR count). The number of pyridine rings is 1. The minimum Gasteiger partial charge on any atom is -0.497 e. The zero-order valence-corrected chi connectivity index (χ0v) is 27.7. The first-order chi connectivity index (χ1) is 21.7. The summed E-state index contributed by atoms with van der Waals surface area (Å²) in [6.07, 6.45) is 2.78. The van der Waals surface area contributed by atoms with Crippen LogP contribution >= 0.6 is 0 Å². The Kier molecular flexibility index (Phi) is 9.80. The number of alkyl carbamates (subject to hydrolysis) is 1. The van der Waals surface area contributed by atoms with Crippen LogP contribution in [0.3, 0.4) is 0 Å². The molecule has 0 spiro atoms. The molecule has 0 radical (unpaired) electrons. The highest BCUT2D eigenvalue weighted by Gasteiger charge is 2.50. The highest BCUT2D eigenvalue weighted by molar-refractivity contribution is 5.92. The number of carbonyl (C=O) groups excluding carboxylic acids is 3. The smallest absolute Gasteiger partial charge is 0.408 e. The number of benzene rings is 1. The fourth-order valence-electron chi connectivity index (χ4n) is 7.34. The van der Waals surface area contributed by atoms with Crippen molar-refractivity contribution in [3.63, 3.8) is 0 Å². The summed E-state index contributed by atoms with van der Waals surface area (Å²) in [6.45, 7) is 8.66. The largest absolute Gasteiger partial charge is 0.497 e. The minimum absolute atomic E-state index is 0.0284. The van der Waals surface area contributed by atoms with Crippen LogP contribution in [0.15, 0.2) is 24.3 Å². The average Bonchev–Trinajstić information content (AvgIpc) is 3.56. The van der Waals surface area contributed by atoms with Crippen molar-refractivity contribution in [3.05, 3.63) is 30.0 Å². The van der Waals surface area contributed by atoms with Gasteiger partial charge in [0.25, 0.3) is 5.92 Å². The van der Waals surface area contributed by atoms with Gasteiger partial charge in [0, 0.05) is 17.7 Å². The van der Waals surface area contributed by atoms with Gasteiger partial charge in [-0.15, -0.1) is 0 Å². The maximum absolute atomic E-state index is 16.1. The third-order valence-corrected chi connectivity index (χ3v) is 9.90. The van der Waals surface area contributed by atoms with Crippen LogP contribution in [0.2, 0.25) is 0 Å². The lowest BCUT2D eigenvalue weighted by atomic mass is 9.85. The molecule has 1 N–H and O–H groups in total. The highest BCUT2D eigenvalue weighted by Crippen LogP contribution is 2.42. The summed E-state index contributed by atoms with van der Waals surface area (Å²) in [4.78, 5) is 46.3. The summed E-state index contributed by atoms with van der Waals surface area (Å²) in [5.41, 5.74) is -0.789. The summed E-state index contributed by atoms with van der Waals surface area (Å²) in [6, 6.07) is 4.71. The number of carbonyl (C=O) groups is 3. The molecule has 9 nitrogen and oxygen atoms in total. The van der Waals surface area contributed by atoms with Crippen LogP contribution in [0.1, 0.15) is 91.7 Å². The van der Waals surface area contributed by atoms with E-state index in [1.807, 2.05) is 20.8 Å². The van der Waals surface area contributed by atoms with Crippen LogP contribution in [0, 0.1) is 17.3 Å². The number of halogens is 2. The number of aromatic nitrogens is 1. The number of nitrogens with zero attached hydrogens (tertiary/aromatic N) is 2. The van der Waals surface area contributed by atoms with Gasteiger partial charge >= 0.3 is 6.09 Å². The molecule has 1 aliphatic carbocycles. The second kappa shape index (κ2) is 13.3. The van der Waals surface area contributed by atoms with E-state index >= 15 is 8.78 Å². The first kappa shape index (κ1) is 33.9. The lowest BCUT2D eigenvalue weighted by Gasteiger charge is -2.35. The third-order valence-electron chi connectivity index (χ3n) is 9.90. The van der Waals surface area contributed by atoms with Gasteiger partial charge in [-0.05, 0) is 74.6 Å². The zero-order chi connectivity index (χ0) is 33.4. The number of hydrogen-bond acceptors (Lipinski definition) is 7. The number of methoxy groups -OCH3 is 1. The standard InChI is InChI=1S/C35H47F2N3O6/c1-20-28-19-40(29(20)21(2)41)32(42)31(34(3,4)5)39-33(43)46-26-13-10-12-22(26)11-8-7-9-16-35(36,37)30-27(45-28)18-23-17-24(44-6)14-15-25(23)38-30/h14-15,17-18,20,22,26,28-29,31H,7-13,16,19H2,1-6H3,(H,39,43)/t20-,22-,26-,28+,29+,31-/m1/s1. The van der Waals surface area contributed by atoms with Gasteiger partial charge in [-0.25, -0.2) is 9.78 Å². The number of ketones is 1. The zero-order valence-electron chi connectivity index (χ0n) is 27.7. The monoisotopic (exact) mass is 643 g/mol. The lowest BCUT2D eigenvalue weighted by molar-refractivity contribution is -0.141. The fraction of sp³-hybridized carbons (Fsp3) is 0.657. The second-order valence-corrected chi connectivity index (χ2v) is 14.3. The van der Waals surface area contributed by atoms with E-state index in [2.05, 4.69) is 10.3 Å². The van der Waals surface area contributed by atoms with Crippen LogP contribution in [0.4, 0.5) is 13.6 Å². The van der Waals surface area contributed by atoms with Gasteiger partial charge in [-0.2, -0.15) is 8.78 Å². The lowest BCUT2D eigenvalue weighted by Crippen LogP contribution is -2.57. The predicted molar refractivity (Wildman–Crippen MR) is 169 cm³/mol. The van der Waals surface area contributed by atoms with Gasteiger partial charge in [-0.3, -0.25) is 9.59 Å². The molecule has 6 atom stereocenters. The molecule has 2 fully saturated rings. The number of rotatable bonds is 2. The first-order valence-electron chi connectivity index (χ1n) is 16.5. The Bertz CT molecular complexity index is 1460. The average molecular weight is 644 g/mol. The maximum atomic E-state index is 16.1.